The van der Waals surface area contributed by atoms with E-state index in [2.05, 4.69) is 5.32 Å². The summed E-state index contributed by atoms with van der Waals surface area (Å²) >= 11 is 0. The van der Waals surface area contributed by atoms with Crippen LogP contribution >= 0.6 is 0 Å². The molecule has 2 N–H and O–H groups in total. The molecule has 0 aliphatic carbocycles. The second-order valence-electron chi connectivity index (χ2n) is 3.53. The highest BCUT2D eigenvalue weighted by atomic mass is 16.6. The Labute approximate surface area is 98.6 Å². The Morgan fingerprint density at radius 1 is 1.65 bits per heavy atom. The number of rotatable bonds is 5. The summed E-state index contributed by atoms with van der Waals surface area (Å²) in [6.07, 6.45) is 0.693. The van der Waals surface area contributed by atoms with Crippen molar-refractivity contribution in [2.24, 2.45) is 0 Å². The third-order valence-corrected chi connectivity index (χ3v) is 2.41. The molecule has 0 amide bonds. The molecule has 0 aliphatic rings. The maximum absolute atomic E-state index is 10.6. The van der Waals surface area contributed by atoms with Crippen LogP contribution in [0.4, 0.5) is 11.4 Å². The minimum atomic E-state index is -0.548. The quantitative estimate of drug-likeness (QED) is 0.597. The molecule has 0 spiro atoms. The molecule has 6 nitrogen and oxygen atoms in total. The standard InChI is InChI=1S/C11H13N3O3/c1-2-9(7-15)13-11-4-3-10(14(16)17)5-8(11)6-12/h3-5,9,13,15H,2,7H2,1H3. The van der Waals surface area contributed by atoms with Crippen LogP contribution in [0.3, 0.4) is 0 Å². The van der Waals surface area contributed by atoms with Crippen molar-refractivity contribution < 1.29 is 10.0 Å². The van der Waals surface area contributed by atoms with Crippen molar-refractivity contribution >= 4 is 11.4 Å². The Morgan fingerprint density at radius 3 is 2.82 bits per heavy atom. The third kappa shape index (κ3) is 3.16. The van der Waals surface area contributed by atoms with Crippen molar-refractivity contribution in [1.82, 2.24) is 0 Å². The molecule has 1 unspecified atom stereocenters. The van der Waals surface area contributed by atoms with Crippen molar-refractivity contribution in [3.8, 4) is 6.07 Å². The number of nitriles is 1. The first-order chi connectivity index (χ1) is 8.12. The number of nitro groups is 1. The first kappa shape index (κ1) is 12.9. The van der Waals surface area contributed by atoms with Crippen LogP contribution in [0.5, 0.6) is 0 Å². The van der Waals surface area contributed by atoms with Crippen LogP contribution in [0.2, 0.25) is 0 Å². The summed E-state index contributed by atoms with van der Waals surface area (Å²) in [7, 11) is 0. The normalized spacial score (nSPS) is 11.6. The number of non-ortho nitro benzene ring substituents is 1. The van der Waals surface area contributed by atoms with Crippen molar-refractivity contribution in [2.45, 2.75) is 19.4 Å². The number of nitrogens with one attached hydrogen (secondary N) is 1. The number of nitrogens with zero attached hydrogens (tertiary/aromatic N) is 2. The predicted molar refractivity (Wildman–Crippen MR) is 62.6 cm³/mol. The van der Waals surface area contributed by atoms with Gasteiger partial charge in [0, 0.05) is 18.2 Å². The molecular formula is C11H13N3O3. The molecule has 1 atom stereocenters. The van der Waals surface area contributed by atoms with Crippen LogP contribution in [0.1, 0.15) is 18.9 Å². The first-order valence-electron chi connectivity index (χ1n) is 5.18. The van der Waals surface area contributed by atoms with E-state index in [9.17, 15) is 10.1 Å². The van der Waals surface area contributed by atoms with E-state index in [4.69, 9.17) is 10.4 Å². The SMILES string of the molecule is CCC(CO)Nc1ccc([N+](=O)[O-])cc1C#N. The van der Waals surface area contributed by atoms with Crippen LogP contribution in [0.15, 0.2) is 18.2 Å². The number of aliphatic hydroxyl groups is 1. The molecule has 0 bridgehead atoms. The summed E-state index contributed by atoms with van der Waals surface area (Å²) in [6.45, 7) is 1.84. The highest BCUT2D eigenvalue weighted by Gasteiger charge is 2.12. The maximum Gasteiger partial charge on any atom is 0.270 e. The zero-order valence-electron chi connectivity index (χ0n) is 9.38. The van der Waals surface area contributed by atoms with E-state index >= 15 is 0 Å². The monoisotopic (exact) mass is 235 g/mol. The first-order valence-corrected chi connectivity index (χ1v) is 5.18. The van der Waals surface area contributed by atoms with Gasteiger partial charge in [0.1, 0.15) is 6.07 Å². The van der Waals surface area contributed by atoms with Crippen LogP contribution in [0, 0.1) is 21.4 Å². The maximum atomic E-state index is 10.6. The average Bonchev–Trinajstić information content (AvgIpc) is 2.35. The largest absolute Gasteiger partial charge is 0.394 e. The number of benzene rings is 1. The number of hydrogen-bond acceptors (Lipinski definition) is 5. The smallest absolute Gasteiger partial charge is 0.270 e. The number of nitro benzene ring substituents is 1. The number of aliphatic hydroxyl groups excluding tert-OH is 1. The van der Waals surface area contributed by atoms with Crippen molar-refractivity contribution in [2.75, 3.05) is 11.9 Å². The summed E-state index contributed by atoms with van der Waals surface area (Å²) in [5.74, 6) is 0. The Bertz CT molecular complexity index is 450. The molecule has 0 saturated carbocycles. The summed E-state index contributed by atoms with van der Waals surface area (Å²) in [5.41, 5.74) is 0.578. The molecule has 0 saturated heterocycles. The molecule has 1 rings (SSSR count). The fourth-order valence-electron chi connectivity index (χ4n) is 1.36. The Morgan fingerprint density at radius 2 is 2.35 bits per heavy atom. The van der Waals surface area contributed by atoms with Gasteiger partial charge in [-0.25, -0.2) is 0 Å². The lowest BCUT2D eigenvalue weighted by Gasteiger charge is -2.16. The van der Waals surface area contributed by atoms with E-state index < -0.39 is 4.92 Å². The van der Waals surface area contributed by atoms with Gasteiger partial charge < -0.3 is 10.4 Å². The Kier molecular flexibility index (Phi) is 4.43. The van der Waals surface area contributed by atoms with Gasteiger partial charge in [0.05, 0.1) is 22.8 Å². The van der Waals surface area contributed by atoms with Gasteiger partial charge in [0.25, 0.3) is 5.69 Å². The minimum absolute atomic E-state index is 0.0572. The van der Waals surface area contributed by atoms with Gasteiger partial charge in [0.2, 0.25) is 0 Å². The van der Waals surface area contributed by atoms with Gasteiger partial charge in [-0.05, 0) is 12.5 Å². The molecule has 90 valence electrons. The van der Waals surface area contributed by atoms with E-state index in [-0.39, 0.29) is 23.9 Å². The van der Waals surface area contributed by atoms with E-state index in [0.717, 1.165) is 0 Å². The van der Waals surface area contributed by atoms with Gasteiger partial charge in [0.15, 0.2) is 0 Å². The van der Waals surface area contributed by atoms with Crippen molar-refractivity contribution in [1.29, 1.82) is 5.26 Å². The minimum Gasteiger partial charge on any atom is -0.394 e. The van der Waals surface area contributed by atoms with Crippen LogP contribution in [0.25, 0.3) is 0 Å². The lowest BCUT2D eigenvalue weighted by atomic mass is 10.1. The summed E-state index contributed by atoms with van der Waals surface area (Å²) < 4.78 is 0. The van der Waals surface area contributed by atoms with E-state index in [1.54, 1.807) is 0 Å². The molecule has 0 fully saturated rings. The fourth-order valence-corrected chi connectivity index (χ4v) is 1.36. The predicted octanol–water partition coefficient (Wildman–Crippen LogP) is 1.65. The van der Waals surface area contributed by atoms with E-state index in [0.29, 0.717) is 12.1 Å². The molecular weight excluding hydrogens is 222 g/mol. The van der Waals surface area contributed by atoms with Crippen molar-refractivity contribution in [3.05, 3.63) is 33.9 Å². The third-order valence-electron chi connectivity index (χ3n) is 2.41. The van der Waals surface area contributed by atoms with Gasteiger partial charge in [-0.3, -0.25) is 10.1 Å². The molecule has 0 heterocycles. The Hall–Kier alpha value is -2.13. The van der Waals surface area contributed by atoms with Gasteiger partial charge in [-0.1, -0.05) is 6.92 Å². The fraction of sp³-hybridized carbons (Fsp3) is 0.364. The highest BCUT2D eigenvalue weighted by Crippen LogP contribution is 2.22. The summed E-state index contributed by atoms with van der Waals surface area (Å²) in [6, 6.07) is 5.75. The molecule has 17 heavy (non-hydrogen) atoms. The van der Waals surface area contributed by atoms with Crippen LogP contribution < -0.4 is 5.32 Å². The van der Waals surface area contributed by atoms with Crippen molar-refractivity contribution in [3.63, 3.8) is 0 Å². The zero-order valence-corrected chi connectivity index (χ0v) is 9.38. The van der Waals surface area contributed by atoms with Crippen LogP contribution in [-0.4, -0.2) is 22.7 Å². The van der Waals surface area contributed by atoms with E-state index in [1.165, 1.54) is 18.2 Å². The van der Waals surface area contributed by atoms with Gasteiger partial charge in [-0.2, -0.15) is 5.26 Å². The second kappa shape index (κ2) is 5.82. The molecule has 1 aromatic rings. The molecule has 1 aromatic carbocycles. The lowest BCUT2D eigenvalue weighted by Crippen LogP contribution is -2.23. The zero-order chi connectivity index (χ0) is 12.8. The summed E-state index contributed by atoms with van der Waals surface area (Å²) in [4.78, 5) is 10.0. The molecule has 0 aromatic heterocycles. The molecule has 6 heteroatoms. The molecule has 0 radical (unpaired) electrons. The number of hydrogen-bond donors (Lipinski definition) is 2. The number of anilines is 1. The molecule has 0 aliphatic heterocycles. The van der Waals surface area contributed by atoms with Crippen LogP contribution in [-0.2, 0) is 0 Å². The Balaban J connectivity index is 3.01. The lowest BCUT2D eigenvalue weighted by molar-refractivity contribution is -0.384. The average molecular weight is 235 g/mol. The second-order valence-corrected chi connectivity index (χ2v) is 3.53. The van der Waals surface area contributed by atoms with E-state index in [1.807, 2.05) is 13.0 Å². The topological polar surface area (TPSA) is 99.2 Å². The highest BCUT2D eigenvalue weighted by molar-refractivity contribution is 5.61. The summed E-state index contributed by atoms with van der Waals surface area (Å²) in [5, 5.41) is 31.5. The van der Waals surface area contributed by atoms with Gasteiger partial charge in [-0.15, -0.1) is 0 Å². The van der Waals surface area contributed by atoms with Gasteiger partial charge >= 0.3 is 0 Å².